The van der Waals surface area contributed by atoms with E-state index in [-0.39, 0.29) is 24.0 Å². The Bertz CT molecular complexity index is 857. The minimum atomic E-state index is -4.37. The molecule has 0 radical (unpaired) electrons. The maximum atomic E-state index is 13.0. The summed E-state index contributed by atoms with van der Waals surface area (Å²) in [5.41, 5.74) is 0.798. The number of alkyl halides is 3. The van der Waals surface area contributed by atoms with Gasteiger partial charge in [0.2, 0.25) is 0 Å². The fourth-order valence-corrected chi connectivity index (χ4v) is 3.96. The van der Waals surface area contributed by atoms with E-state index in [0.717, 1.165) is 22.8 Å². The summed E-state index contributed by atoms with van der Waals surface area (Å²) in [7, 11) is 1.69. The molecule has 1 N–H and O–H groups in total. The van der Waals surface area contributed by atoms with Gasteiger partial charge in [0.1, 0.15) is 6.10 Å². The number of guanidine groups is 1. The molecule has 0 spiro atoms. The molecule has 1 aromatic carbocycles. The van der Waals surface area contributed by atoms with Crippen molar-refractivity contribution < 1.29 is 17.9 Å². The van der Waals surface area contributed by atoms with E-state index in [0.29, 0.717) is 43.7 Å². The van der Waals surface area contributed by atoms with E-state index in [2.05, 4.69) is 29.1 Å². The SMILES string of the molecule is CN=C(NCc1csc(C(C)C)n1)N1CCOC(c2cccc(C(F)(F)F)c2)C1.I. The highest BCUT2D eigenvalue weighted by Crippen LogP contribution is 2.32. The third-order valence-electron chi connectivity index (χ3n) is 4.65. The van der Waals surface area contributed by atoms with Crippen LogP contribution in [0.3, 0.4) is 0 Å². The third-order valence-corrected chi connectivity index (χ3v) is 5.85. The molecule has 1 atom stereocenters. The Hall–Kier alpha value is -1.40. The average molecular weight is 554 g/mol. The number of hydrogen-bond acceptors (Lipinski definition) is 4. The van der Waals surface area contributed by atoms with E-state index in [9.17, 15) is 13.2 Å². The van der Waals surface area contributed by atoms with Gasteiger partial charge in [0.25, 0.3) is 0 Å². The van der Waals surface area contributed by atoms with Gasteiger partial charge in [-0.25, -0.2) is 4.98 Å². The molecule has 0 saturated carbocycles. The number of hydrogen-bond donors (Lipinski definition) is 1. The molecule has 5 nitrogen and oxygen atoms in total. The first-order valence-electron chi connectivity index (χ1n) is 9.46. The summed E-state index contributed by atoms with van der Waals surface area (Å²) in [4.78, 5) is 10.9. The maximum absolute atomic E-state index is 13.0. The lowest BCUT2D eigenvalue weighted by Crippen LogP contribution is -2.48. The van der Waals surface area contributed by atoms with Crippen LogP contribution in [-0.2, 0) is 17.5 Å². The second-order valence-electron chi connectivity index (χ2n) is 7.16. The van der Waals surface area contributed by atoms with Crippen molar-refractivity contribution in [3.8, 4) is 0 Å². The molecule has 1 aliphatic heterocycles. The number of benzene rings is 1. The van der Waals surface area contributed by atoms with E-state index in [1.54, 1.807) is 24.5 Å². The molecule has 30 heavy (non-hydrogen) atoms. The van der Waals surface area contributed by atoms with Crippen molar-refractivity contribution in [2.24, 2.45) is 4.99 Å². The highest BCUT2D eigenvalue weighted by molar-refractivity contribution is 14.0. The van der Waals surface area contributed by atoms with Crippen LogP contribution in [0.1, 0.15) is 47.7 Å². The summed E-state index contributed by atoms with van der Waals surface area (Å²) in [6, 6.07) is 5.32. The van der Waals surface area contributed by atoms with Crippen molar-refractivity contribution in [3.63, 3.8) is 0 Å². The summed E-state index contributed by atoms with van der Waals surface area (Å²) in [6.45, 7) is 6.21. The molecule has 1 saturated heterocycles. The van der Waals surface area contributed by atoms with Crippen molar-refractivity contribution in [2.45, 2.75) is 38.6 Å². The van der Waals surface area contributed by atoms with Gasteiger partial charge in [-0.05, 0) is 17.7 Å². The van der Waals surface area contributed by atoms with Crippen LogP contribution in [0.5, 0.6) is 0 Å². The third kappa shape index (κ3) is 6.30. The predicted octanol–water partition coefficient (Wildman–Crippen LogP) is 5.05. The van der Waals surface area contributed by atoms with Crippen molar-refractivity contribution >= 4 is 41.3 Å². The van der Waals surface area contributed by atoms with Crippen molar-refractivity contribution in [1.82, 2.24) is 15.2 Å². The lowest BCUT2D eigenvalue weighted by Gasteiger charge is -2.35. The van der Waals surface area contributed by atoms with E-state index in [4.69, 9.17) is 4.74 Å². The van der Waals surface area contributed by atoms with E-state index in [1.165, 1.54) is 6.07 Å². The number of morpholine rings is 1. The van der Waals surface area contributed by atoms with Gasteiger partial charge < -0.3 is 15.0 Å². The summed E-state index contributed by atoms with van der Waals surface area (Å²) < 4.78 is 44.8. The van der Waals surface area contributed by atoms with E-state index < -0.39 is 17.8 Å². The zero-order valence-electron chi connectivity index (χ0n) is 17.1. The molecule has 2 heterocycles. The molecule has 0 aliphatic carbocycles. The van der Waals surface area contributed by atoms with Crippen molar-refractivity contribution in [1.29, 1.82) is 0 Å². The zero-order chi connectivity index (χ0) is 21.0. The first-order chi connectivity index (χ1) is 13.8. The topological polar surface area (TPSA) is 49.8 Å². The number of aliphatic imine (C=N–C) groups is 1. The molecule has 166 valence electrons. The van der Waals surface area contributed by atoms with E-state index >= 15 is 0 Å². The first-order valence-corrected chi connectivity index (χ1v) is 10.3. The van der Waals surface area contributed by atoms with Gasteiger partial charge in [0.05, 0.1) is 36.0 Å². The fraction of sp³-hybridized carbons (Fsp3) is 0.500. The Balaban J connectivity index is 0.00000320. The number of rotatable bonds is 4. The van der Waals surface area contributed by atoms with Gasteiger partial charge in [0.15, 0.2) is 5.96 Å². The Labute approximate surface area is 195 Å². The van der Waals surface area contributed by atoms with Crippen LogP contribution in [0.2, 0.25) is 0 Å². The summed E-state index contributed by atoms with van der Waals surface area (Å²) in [6.07, 6.45) is -4.82. The Morgan fingerprint density at radius 1 is 1.40 bits per heavy atom. The number of nitrogens with one attached hydrogen (secondary N) is 1. The van der Waals surface area contributed by atoms with Crippen LogP contribution >= 0.6 is 35.3 Å². The van der Waals surface area contributed by atoms with Gasteiger partial charge in [-0.3, -0.25) is 4.99 Å². The monoisotopic (exact) mass is 554 g/mol. The smallest absolute Gasteiger partial charge is 0.370 e. The molecule has 1 unspecified atom stereocenters. The minimum Gasteiger partial charge on any atom is -0.370 e. The van der Waals surface area contributed by atoms with Crippen LogP contribution in [0.15, 0.2) is 34.6 Å². The molecule has 1 aliphatic rings. The number of nitrogens with zero attached hydrogens (tertiary/aromatic N) is 3. The second-order valence-corrected chi connectivity index (χ2v) is 8.05. The molecule has 2 aromatic rings. The van der Waals surface area contributed by atoms with Crippen LogP contribution in [0, 0.1) is 0 Å². The maximum Gasteiger partial charge on any atom is 0.416 e. The highest BCUT2D eigenvalue weighted by Gasteiger charge is 2.32. The molecule has 0 amide bonds. The van der Waals surface area contributed by atoms with Gasteiger partial charge >= 0.3 is 6.18 Å². The second kappa shape index (κ2) is 10.8. The number of aromatic nitrogens is 1. The number of halogens is 4. The molecular weight excluding hydrogens is 528 g/mol. The Kier molecular flexibility index (Phi) is 8.92. The van der Waals surface area contributed by atoms with Crippen molar-refractivity contribution in [2.75, 3.05) is 26.7 Å². The molecule has 1 aromatic heterocycles. The summed E-state index contributed by atoms with van der Waals surface area (Å²) in [5.74, 6) is 1.07. The summed E-state index contributed by atoms with van der Waals surface area (Å²) in [5, 5.41) is 6.42. The zero-order valence-corrected chi connectivity index (χ0v) is 20.2. The molecular formula is C20H26F3IN4OS. The quantitative estimate of drug-likeness (QED) is 0.327. The molecule has 0 bridgehead atoms. The normalized spacial score (nSPS) is 17.8. The summed E-state index contributed by atoms with van der Waals surface area (Å²) >= 11 is 1.64. The van der Waals surface area contributed by atoms with Crippen molar-refractivity contribution in [3.05, 3.63) is 51.5 Å². The van der Waals surface area contributed by atoms with Crippen LogP contribution < -0.4 is 5.32 Å². The number of thiazole rings is 1. The largest absolute Gasteiger partial charge is 0.416 e. The lowest BCUT2D eigenvalue weighted by molar-refractivity contribution is -0.137. The standard InChI is InChI=1S/C20H25F3N4OS.HI/c1-13(2)18-26-16(12-29-18)10-25-19(24-3)27-7-8-28-17(11-27)14-5-4-6-15(9-14)20(21,22)23;/h4-6,9,12-13,17H,7-8,10-11H2,1-3H3,(H,24,25);1H. The fourth-order valence-electron chi connectivity index (χ4n) is 3.13. The molecule has 10 heteroatoms. The lowest BCUT2D eigenvalue weighted by atomic mass is 10.0. The molecule has 1 fully saturated rings. The van der Waals surface area contributed by atoms with Crippen LogP contribution in [0.4, 0.5) is 13.2 Å². The van der Waals surface area contributed by atoms with Gasteiger partial charge in [0, 0.05) is 24.9 Å². The van der Waals surface area contributed by atoms with Gasteiger partial charge in [-0.15, -0.1) is 35.3 Å². The van der Waals surface area contributed by atoms with Gasteiger partial charge in [-0.1, -0.05) is 26.0 Å². The molecule has 3 rings (SSSR count). The predicted molar refractivity (Wildman–Crippen MR) is 124 cm³/mol. The Morgan fingerprint density at radius 2 is 2.17 bits per heavy atom. The van der Waals surface area contributed by atoms with Crippen LogP contribution in [0.25, 0.3) is 0 Å². The Morgan fingerprint density at radius 3 is 2.80 bits per heavy atom. The highest BCUT2D eigenvalue weighted by atomic mass is 127. The van der Waals surface area contributed by atoms with Gasteiger partial charge in [-0.2, -0.15) is 13.2 Å². The van der Waals surface area contributed by atoms with Crippen LogP contribution in [-0.4, -0.2) is 42.6 Å². The first kappa shape index (κ1) is 24.9. The average Bonchev–Trinajstić information content (AvgIpc) is 3.18. The minimum absolute atomic E-state index is 0. The van der Waals surface area contributed by atoms with E-state index in [1.807, 2.05) is 10.3 Å². The number of ether oxygens (including phenoxy) is 1.